The van der Waals surface area contributed by atoms with Gasteiger partial charge in [-0.1, -0.05) is 11.6 Å². The lowest BCUT2D eigenvalue weighted by Gasteiger charge is -2.38. The predicted molar refractivity (Wildman–Crippen MR) is 148 cm³/mol. The average Bonchev–Trinajstić information content (AvgIpc) is 2.91. The van der Waals surface area contributed by atoms with Crippen LogP contribution in [-0.2, 0) is 0 Å². The van der Waals surface area contributed by atoms with E-state index in [1.54, 1.807) is 42.5 Å². The predicted octanol–water partition coefficient (Wildman–Crippen LogP) is 6.28. The molecular weight excluding hydrogens is 575 g/mol. The molecule has 212 valence electrons. The first kappa shape index (κ1) is 29.3. The first-order valence-corrected chi connectivity index (χ1v) is 12.9. The summed E-state index contributed by atoms with van der Waals surface area (Å²) in [6, 6.07) is 11.6. The highest BCUT2D eigenvalue weighted by atomic mass is 35.5. The highest BCUT2D eigenvalue weighted by Gasteiger charge is 2.31. The fraction of sp³-hybridized carbons (Fsp3) is 0.259. The van der Waals surface area contributed by atoms with Crippen molar-refractivity contribution in [2.24, 2.45) is 0 Å². The van der Waals surface area contributed by atoms with E-state index in [0.29, 0.717) is 27.7 Å². The second-order valence-corrected chi connectivity index (χ2v) is 9.97. The van der Waals surface area contributed by atoms with Crippen LogP contribution in [0.4, 0.5) is 39.0 Å². The number of rotatable bonds is 6. The van der Waals surface area contributed by atoms with Crippen LogP contribution < -0.4 is 25.2 Å². The monoisotopic (exact) mass is 598 g/mol. The largest absolute Gasteiger partial charge is 0.491 e. The fourth-order valence-corrected chi connectivity index (χ4v) is 4.69. The van der Waals surface area contributed by atoms with Crippen LogP contribution in [0, 0.1) is 29.1 Å². The summed E-state index contributed by atoms with van der Waals surface area (Å²) in [4.78, 5) is 15.4. The lowest BCUT2D eigenvalue weighted by atomic mass is 10.2. The molecule has 6 nitrogen and oxygen atoms in total. The summed E-state index contributed by atoms with van der Waals surface area (Å²) in [5, 5.41) is 5.84. The molecule has 1 amide bonds. The first-order valence-electron chi connectivity index (χ1n) is 12.2. The van der Waals surface area contributed by atoms with Gasteiger partial charge >= 0.3 is 0 Å². The minimum atomic E-state index is -2.19. The normalized spacial score (nSPS) is 13.4. The molecule has 1 aliphatic rings. The van der Waals surface area contributed by atoms with E-state index in [1.165, 1.54) is 0 Å². The van der Waals surface area contributed by atoms with Crippen LogP contribution in [0.25, 0.3) is 0 Å². The minimum Gasteiger partial charge on any atom is -0.491 e. The number of nitrogens with zero attached hydrogens (tertiary/aromatic N) is 2. The maximum atomic E-state index is 14.2. The molecule has 13 heteroatoms. The van der Waals surface area contributed by atoms with E-state index in [1.807, 2.05) is 18.7 Å². The molecule has 0 radical (unpaired) electrons. The Morgan fingerprint density at radius 3 is 1.98 bits per heavy atom. The lowest BCUT2D eigenvalue weighted by Crippen LogP contribution is -2.47. The van der Waals surface area contributed by atoms with Gasteiger partial charge in [0.15, 0.2) is 28.4 Å². The van der Waals surface area contributed by atoms with Gasteiger partial charge in [0, 0.05) is 37.4 Å². The smallest absolute Gasteiger partial charge is 0.257 e. The topological polar surface area (TPSA) is 56.8 Å². The fourth-order valence-electron chi connectivity index (χ4n) is 4.18. The highest BCUT2D eigenvalue weighted by molar-refractivity contribution is 7.80. The van der Waals surface area contributed by atoms with Crippen molar-refractivity contribution in [3.8, 4) is 5.75 Å². The summed E-state index contributed by atoms with van der Waals surface area (Å²) in [5.41, 5.74) is 0.540. The van der Waals surface area contributed by atoms with E-state index in [4.69, 9.17) is 28.6 Å². The number of amides is 1. The molecule has 0 bridgehead atoms. The molecule has 1 fully saturated rings. The van der Waals surface area contributed by atoms with Gasteiger partial charge in [-0.05, 0) is 68.5 Å². The van der Waals surface area contributed by atoms with Gasteiger partial charge in [0.1, 0.15) is 11.4 Å². The Bertz CT molecular complexity index is 1400. The summed E-state index contributed by atoms with van der Waals surface area (Å²) in [6.07, 6.45) is 0.00623. The Morgan fingerprint density at radius 2 is 1.43 bits per heavy atom. The minimum absolute atomic E-state index is 0.00459. The number of piperazine rings is 1. The second-order valence-electron chi connectivity index (χ2n) is 9.16. The second kappa shape index (κ2) is 12.3. The van der Waals surface area contributed by atoms with Crippen molar-refractivity contribution in [2.45, 2.75) is 20.0 Å². The lowest BCUT2D eigenvalue weighted by molar-refractivity contribution is 0.0977. The molecule has 0 saturated carbocycles. The van der Waals surface area contributed by atoms with Gasteiger partial charge in [-0.3, -0.25) is 10.1 Å². The van der Waals surface area contributed by atoms with Crippen molar-refractivity contribution in [1.29, 1.82) is 0 Å². The summed E-state index contributed by atoms with van der Waals surface area (Å²) in [7, 11) is 0. The number of benzene rings is 3. The third kappa shape index (κ3) is 6.39. The summed E-state index contributed by atoms with van der Waals surface area (Å²) in [5.74, 6) is -9.65. The number of ether oxygens (including phenoxy) is 1. The van der Waals surface area contributed by atoms with Crippen molar-refractivity contribution in [1.82, 2.24) is 5.32 Å². The zero-order valence-electron chi connectivity index (χ0n) is 21.3. The average molecular weight is 599 g/mol. The summed E-state index contributed by atoms with van der Waals surface area (Å²) in [6.45, 7) is 4.21. The molecule has 40 heavy (non-hydrogen) atoms. The maximum Gasteiger partial charge on any atom is 0.257 e. The molecule has 1 aliphatic heterocycles. The van der Waals surface area contributed by atoms with Crippen LogP contribution in [0.2, 0.25) is 5.02 Å². The van der Waals surface area contributed by atoms with Crippen LogP contribution in [0.5, 0.6) is 5.75 Å². The molecular formula is C27H24ClF5N4O2S. The van der Waals surface area contributed by atoms with Crippen LogP contribution in [0.15, 0.2) is 42.5 Å². The van der Waals surface area contributed by atoms with E-state index in [0.717, 1.165) is 4.90 Å². The molecule has 0 aromatic heterocycles. The molecule has 0 unspecified atom stereocenters. The van der Waals surface area contributed by atoms with Crippen molar-refractivity contribution in [3.05, 3.63) is 82.1 Å². The third-order valence-electron chi connectivity index (χ3n) is 6.04. The Hall–Kier alpha value is -3.64. The molecule has 0 atom stereocenters. The van der Waals surface area contributed by atoms with E-state index < -0.39 is 40.7 Å². The van der Waals surface area contributed by atoms with Gasteiger partial charge in [-0.25, -0.2) is 22.0 Å². The van der Waals surface area contributed by atoms with Crippen LogP contribution >= 0.6 is 23.8 Å². The number of halogens is 6. The van der Waals surface area contributed by atoms with Crippen molar-refractivity contribution in [2.75, 3.05) is 41.3 Å². The quantitative estimate of drug-likeness (QED) is 0.151. The van der Waals surface area contributed by atoms with Crippen LogP contribution in [0.3, 0.4) is 0 Å². The SMILES string of the molecule is CC(C)Oc1ccc(C(=O)NC(=S)Nc2ccc(N3CCN(c4c(F)c(F)c(F)c(F)c4F)CC3)c(Cl)c2)cc1. The van der Waals surface area contributed by atoms with Crippen LogP contribution in [0.1, 0.15) is 24.2 Å². The van der Waals surface area contributed by atoms with Gasteiger partial charge in [-0.15, -0.1) is 0 Å². The van der Waals surface area contributed by atoms with E-state index in [9.17, 15) is 26.7 Å². The standard InChI is InChI=1S/C27H24ClF5N4O2S/c1-14(2)39-17-6-3-15(4-7-17)26(38)35-27(40)34-16-5-8-19(18(28)13-16)36-9-11-37(12-10-36)25-23(32)21(30)20(29)22(31)24(25)33/h3-8,13-14H,9-12H2,1-2H3,(H2,34,35,38,40). The van der Waals surface area contributed by atoms with E-state index in [-0.39, 0.29) is 37.4 Å². The van der Waals surface area contributed by atoms with Gasteiger partial charge in [-0.2, -0.15) is 0 Å². The molecule has 2 N–H and O–H groups in total. The highest BCUT2D eigenvalue weighted by Crippen LogP contribution is 2.33. The zero-order chi connectivity index (χ0) is 29.1. The number of hydrogen-bond donors (Lipinski definition) is 2. The number of carbonyl (C=O) groups excluding carboxylic acids is 1. The number of nitrogens with one attached hydrogen (secondary N) is 2. The number of thiocarbonyl (C=S) groups is 1. The van der Waals surface area contributed by atoms with Crippen molar-refractivity contribution in [3.63, 3.8) is 0 Å². The summed E-state index contributed by atoms with van der Waals surface area (Å²) < 4.78 is 74.6. The van der Waals surface area contributed by atoms with Crippen LogP contribution in [-0.4, -0.2) is 43.3 Å². The van der Waals surface area contributed by atoms with E-state index in [2.05, 4.69) is 10.6 Å². The molecule has 3 aromatic carbocycles. The molecule has 1 heterocycles. The molecule has 3 aromatic rings. The number of hydrogen-bond acceptors (Lipinski definition) is 5. The number of anilines is 3. The van der Waals surface area contributed by atoms with Crippen molar-refractivity contribution < 1.29 is 31.5 Å². The Kier molecular flexibility index (Phi) is 8.99. The maximum absolute atomic E-state index is 14.2. The third-order valence-corrected chi connectivity index (χ3v) is 6.55. The van der Waals surface area contributed by atoms with Gasteiger partial charge in [0.2, 0.25) is 5.82 Å². The number of carbonyl (C=O) groups is 1. The van der Waals surface area contributed by atoms with Gasteiger partial charge < -0.3 is 19.9 Å². The molecule has 4 rings (SSSR count). The zero-order valence-corrected chi connectivity index (χ0v) is 22.9. The summed E-state index contributed by atoms with van der Waals surface area (Å²) >= 11 is 11.7. The van der Waals surface area contributed by atoms with E-state index >= 15 is 0 Å². The van der Waals surface area contributed by atoms with Crippen molar-refractivity contribution >= 4 is 51.9 Å². The Morgan fingerprint density at radius 1 is 0.875 bits per heavy atom. The van der Waals surface area contributed by atoms with Gasteiger partial charge in [0.25, 0.3) is 5.91 Å². The molecule has 1 saturated heterocycles. The Labute approximate surface area is 237 Å². The Balaban J connectivity index is 1.35. The van der Waals surface area contributed by atoms with Gasteiger partial charge in [0.05, 0.1) is 16.8 Å². The first-order chi connectivity index (χ1) is 19.0. The molecule has 0 aliphatic carbocycles. The molecule has 0 spiro atoms.